The number of nitrogens with one attached hydrogen (secondary N) is 1. The van der Waals surface area contributed by atoms with Crippen LogP contribution >= 0.6 is 11.3 Å². The summed E-state index contributed by atoms with van der Waals surface area (Å²) >= 11 is 1.69. The van der Waals surface area contributed by atoms with Gasteiger partial charge in [-0.1, -0.05) is 19.1 Å². The highest BCUT2D eigenvalue weighted by Gasteiger charge is 2.13. The first-order chi connectivity index (χ1) is 9.50. The highest BCUT2D eigenvalue weighted by atomic mass is 32.2. The molecule has 108 valence electrons. The highest BCUT2D eigenvalue weighted by molar-refractivity contribution is 7.90. The van der Waals surface area contributed by atoms with Crippen LogP contribution in [0, 0.1) is 0 Å². The minimum atomic E-state index is -3.13. The van der Waals surface area contributed by atoms with Gasteiger partial charge in [0.15, 0.2) is 9.84 Å². The predicted octanol–water partition coefficient (Wildman–Crippen LogP) is 3.04. The molecule has 2 aromatic rings. The van der Waals surface area contributed by atoms with E-state index in [1.165, 1.54) is 11.8 Å². The number of likely N-dealkylation sites (N-methyl/N-ethyl adjacent to an activating group) is 1. The van der Waals surface area contributed by atoms with Crippen LogP contribution in [-0.4, -0.2) is 21.2 Å². The van der Waals surface area contributed by atoms with E-state index in [0.717, 1.165) is 18.5 Å². The third-order valence-corrected chi connectivity index (χ3v) is 5.04. The van der Waals surface area contributed by atoms with E-state index in [2.05, 4.69) is 29.1 Å². The minimum Gasteiger partial charge on any atom is -0.310 e. The van der Waals surface area contributed by atoms with Crippen molar-refractivity contribution in [2.75, 3.05) is 12.8 Å². The molecular weight excluding hydrogens is 290 g/mol. The van der Waals surface area contributed by atoms with Crippen LogP contribution in [0.1, 0.15) is 24.1 Å². The molecule has 1 aromatic carbocycles. The summed E-state index contributed by atoms with van der Waals surface area (Å²) in [7, 11) is -3.13. The van der Waals surface area contributed by atoms with Crippen LogP contribution < -0.4 is 5.32 Å². The van der Waals surface area contributed by atoms with Crippen molar-refractivity contribution in [3.63, 3.8) is 0 Å². The summed E-state index contributed by atoms with van der Waals surface area (Å²) in [6.45, 7) is 2.95. The molecule has 1 aromatic heterocycles. The van der Waals surface area contributed by atoms with Gasteiger partial charge < -0.3 is 5.32 Å². The highest BCUT2D eigenvalue weighted by Crippen LogP contribution is 2.21. The van der Waals surface area contributed by atoms with Gasteiger partial charge in [-0.3, -0.25) is 0 Å². The zero-order chi connectivity index (χ0) is 14.6. The third kappa shape index (κ3) is 3.91. The monoisotopic (exact) mass is 309 g/mol. The van der Waals surface area contributed by atoms with Crippen molar-refractivity contribution in [2.45, 2.75) is 24.3 Å². The van der Waals surface area contributed by atoms with Crippen molar-refractivity contribution in [3.05, 3.63) is 52.2 Å². The first-order valence-corrected chi connectivity index (χ1v) is 9.38. The molecule has 2 rings (SSSR count). The molecule has 0 bridgehead atoms. The van der Waals surface area contributed by atoms with Crippen LogP contribution in [0.15, 0.2) is 46.0 Å². The first-order valence-electron chi connectivity index (χ1n) is 6.55. The maximum absolute atomic E-state index is 11.5. The Morgan fingerprint density at radius 1 is 1.20 bits per heavy atom. The maximum atomic E-state index is 11.5. The number of benzene rings is 1. The smallest absolute Gasteiger partial charge is 0.175 e. The van der Waals surface area contributed by atoms with Gasteiger partial charge in [-0.25, -0.2) is 8.42 Å². The topological polar surface area (TPSA) is 46.2 Å². The quantitative estimate of drug-likeness (QED) is 0.892. The molecule has 0 saturated carbocycles. The summed E-state index contributed by atoms with van der Waals surface area (Å²) in [5, 5.41) is 7.67. The third-order valence-electron chi connectivity index (χ3n) is 3.18. The summed E-state index contributed by atoms with van der Waals surface area (Å²) in [6.07, 6.45) is 2.14. The Kier molecular flexibility index (Phi) is 4.96. The van der Waals surface area contributed by atoms with Gasteiger partial charge in [-0.05, 0) is 53.1 Å². The summed E-state index contributed by atoms with van der Waals surface area (Å²) < 4.78 is 23.0. The van der Waals surface area contributed by atoms with Crippen molar-refractivity contribution in [1.29, 1.82) is 0 Å². The lowest BCUT2D eigenvalue weighted by Crippen LogP contribution is -2.22. The normalized spacial score (nSPS) is 13.3. The van der Waals surface area contributed by atoms with E-state index in [-0.39, 0.29) is 6.04 Å². The zero-order valence-corrected chi connectivity index (χ0v) is 13.3. The molecule has 1 unspecified atom stereocenters. The van der Waals surface area contributed by atoms with Crippen LogP contribution in [0.4, 0.5) is 0 Å². The van der Waals surface area contributed by atoms with E-state index in [0.29, 0.717) is 4.90 Å². The van der Waals surface area contributed by atoms with Crippen LogP contribution in [0.2, 0.25) is 0 Å². The number of hydrogen-bond acceptors (Lipinski definition) is 4. The lowest BCUT2D eigenvalue weighted by molar-refractivity contribution is 0.550. The second-order valence-electron chi connectivity index (χ2n) is 4.79. The van der Waals surface area contributed by atoms with E-state index >= 15 is 0 Å². The Morgan fingerprint density at radius 3 is 2.40 bits per heavy atom. The van der Waals surface area contributed by atoms with Gasteiger partial charge in [0.05, 0.1) is 4.90 Å². The molecule has 0 spiro atoms. The first kappa shape index (κ1) is 15.2. The maximum Gasteiger partial charge on any atom is 0.175 e. The Morgan fingerprint density at radius 2 is 1.90 bits per heavy atom. The van der Waals surface area contributed by atoms with Crippen LogP contribution in [0.3, 0.4) is 0 Å². The van der Waals surface area contributed by atoms with Gasteiger partial charge in [0.1, 0.15) is 0 Å². The molecule has 0 fully saturated rings. The summed E-state index contributed by atoms with van der Waals surface area (Å²) in [5.74, 6) is 0. The van der Waals surface area contributed by atoms with Gasteiger partial charge in [0, 0.05) is 12.3 Å². The molecule has 5 heteroatoms. The predicted molar refractivity (Wildman–Crippen MR) is 84.0 cm³/mol. The van der Waals surface area contributed by atoms with Crippen molar-refractivity contribution in [1.82, 2.24) is 5.32 Å². The second kappa shape index (κ2) is 6.52. The van der Waals surface area contributed by atoms with E-state index in [9.17, 15) is 8.42 Å². The number of hydrogen-bond donors (Lipinski definition) is 1. The Labute approximate surface area is 124 Å². The summed E-state index contributed by atoms with van der Waals surface area (Å²) in [4.78, 5) is 0.368. The fourth-order valence-corrected chi connectivity index (χ4v) is 3.46. The number of sulfone groups is 1. The lowest BCUT2D eigenvalue weighted by atomic mass is 10.0. The Hall–Kier alpha value is -1.17. The zero-order valence-electron chi connectivity index (χ0n) is 11.7. The Bertz CT molecular complexity index is 631. The fourth-order valence-electron chi connectivity index (χ4n) is 2.15. The van der Waals surface area contributed by atoms with Crippen molar-refractivity contribution < 1.29 is 8.42 Å². The molecule has 20 heavy (non-hydrogen) atoms. The summed E-state index contributed by atoms with van der Waals surface area (Å²) in [5.41, 5.74) is 2.42. The van der Waals surface area contributed by atoms with Crippen molar-refractivity contribution in [3.8, 4) is 0 Å². The minimum absolute atomic E-state index is 0.211. The van der Waals surface area contributed by atoms with Gasteiger partial charge in [-0.15, -0.1) is 0 Å². The second-order valence-corrected chi connectivity index (χ2v) is 7.58. The molecule has 0 saturated heterocycles. The van der Waals surface area contributed by atoms with E-state index < -0.39 is 9.84 Å². The average molecular weight is 309 g/mol. The summed E-state index contributed by atoms with van der Waals surface area (Å²) in [6, 6.07) is 9.50. The standard InChI is InChI=1S/C15H19NO2S2/c1-3-16-15(10-12-8-9-19-11-12)13-4-6-14(7-5-13)20(2,17)18/h4-9,11,15-16H,3,10H2,1-2H3. The van der Waals surface area contributed by atoms with Gasteiger partial charge in [-0.2, -0.15) is 11.3 Å². The van der Waals surface area contributed by atoms with Crippen molar-refractivity contribution >= 4 is 21.2 Å². The van der Waals surface area contributed by atoms with Gasteiger partial charge in [0.25, 0.3) is 0 Å². The molecule has 1 heterocycles. The van der Waals surface area contributed by atoms with Gasteiger partial charge in [0.2, 0.25) is 0 Å². The van der Waals surface area contributed by atoms with E-state index in [1.807, 2.05) is 12.1 Å². The average Bonchev–Trinajstić information content (AvgIpc) is 2.90. The molecule has 1 atom stereocenters. The molecule has 3 nitrogen and oxygen atoms in total. The molecule has 0 aliphatic carbocycles. The van der Waals surface area contributed by atoms with Gasteiger partial charge >= 0.3 is 0 Å². The van der Waals surface area contributed by atoms with Crippen molar-refractivity contribution in [2.24, 2.45) is 0 Å². The molecule has 0 radical (unpaired) electrons. The van der Waals surface area contributed by atoms with Crippen LogP contribution in [0.25, 0.3) is 0 Å². The SMILES string of the molecule is CCNC(Cc1ccsc1)c1ccc(S(C)(=O)=O)cc1. The van der Waals surface area contributed by atoms with Crippen LogP contribution in [0.5, 0.6) is 0 Å². The number of rotatable bonds is 6. The van der Waals surface area contributed by atoms with Crippen LogP contribution in [-0.2, 0) is 16.3 Å². The van der Waals surface area contributed by atoms with E-state index in [4.69, 9.17) is 0 Å². The molecule has 0 aliphatic heterocycles. The Balaban J connectivity index is 2.21. The fraction of sp³-hybridized carbons (Fsp3) is 0.333. The largest absolute Gasteiger partial charge is 0.310 e. The molecular formula is C15H19NO2S2. The molecule has 0 amide bonds. The lowest BCUT2D eigenvalue weighted by Gasteiger charge is -2.18. The molecule has 0 aliphatic rings. The number of thiophene rings is 1. The molecule has 1 N–H and O–H groups in total. The van der Waals surface area contributed by atoms with E-state index in [1.54, 1.807) is 23.5 Å².